The highest BCUT2D eigenvalue weighted by Crippen LogP contribution is 2.38. The number of carbonyl (C=O) groups excluding carboxylic acids is 1. The number of benzene rings is 2. The minimum Gasteiger partial charge on any atom is -0.493 e. The minimum atomic E-state index is -0.435. The third-order valence-electron chi connectivity index (χ3n) is 4.80. The summed E-state index contributed by atoms with van der Waals surface area (Å²) in [5, 5.41) is 11.5. The van der Waals surface area contributed by atoms with Gasteiger partial charge in [0.15, 0.2) is 16.7 Å². The summed E-state index contributed by atoms with van der Waals surface area (Å²) in [5.74, 6) is 1.04. The molecule has 0 radical (unpaired) electrons. The van der Waals surface area contributed by atoms with Crippen LogP contribution in [0.5, 0.6) is 11.5 Å². The molecule has 8 nitrogen and oxygen atoms in total. The highest BCUT2D eigenvalue weighted by molar-refractivity contribution is 14.1. The van der Waals surface area contributed by atoms with Crippen LogP contribution in [0.3, 0.4) is 0 Å². The molecule has 2 aromatic rings. The molecule has 0 bridgehead atoms. The zero-order valence-electron chi connectivity index (χ0n) is 19.6. The maximum Gasteiger partial charge on any atom is 0.269 e. The molecule has 1 heterocycles. The lowest BCUT2D eigenvalue weighted by Crippen LogP contribution is -2.35. The molecule has 1 saturated heterocycles. The van der Waals surface area contributed by atoms with Crippen molar-refractivity contribution in [3.8, 4) is 11.5 Å². The Bertz CT molecular complexity index is 1150. The smallest absolute Gasteiger partial charge is 0.269 e. The molecule has 180 valence electrons. The first-order valence-electron chi connectivity index (χ1n) is 10.6. The second-order valence-electron chi connectivity index (χ2n) is 8.13. The van der Waals surface area contributed by atoms with E-state index >= 15 is 0 Å². The van der Waals surface area contributed by atoms with Crippen LogP contribution in [-0.2, 0) is 11.4 Å². The van der Waals surface area contributed by atoms with Gasteiger partial charge >= 0.3 is 0 Å². The Morgan fingerprint density at radius 2 is 1.88 bits per heavy atom. The van der Waals surface area contributed by atoms with Gasteiger partial charge < -0.3 is 9.47 Å². The summed E-state index contributed by atoms with van der Waals surface area (Å²) in [4.78, 5) is 30.4. The van der Waals surface area contributed by atoms with E-state index in [9.17, 15) is 14.9 Å². The molecule has 3 rings (SSSR count). The van der Waals surface area contributed by atoms with Crippen molar-refractivity contribution >= 4 is 57.2 Å². The van der Waals surface area contributed by atoms with E-state index in [0.29, 0.717) is 21.6 Å². The number of aliphatic imine (C=N–C) groups is 1. The van der Waals surface area contributed by atoms with E-state index < -0.39 is 4.92 Å². The number of nitro groups is 1. The summed E-state index contributed by atoms with van der Waals surface area (Å²) in [6.45, 7) is 8.15. The first-order valence-corrected chi connectivity index (χ1v) is 12.5. The molecule has 1 aliphatic heterocycles. The van der Waals surface area contributed by atoms with Crippen molar-refractivity contribution in [2.24, 2.45) is 4.99 Å². The number of ether oxygens (including phenoxy) is 2. The van der Waals surface area contributed by atoms with E-state index in [2.05, 4.69) is 27.6 Å². The number of thioether (sulfide) groups is 1. The molecule has 1 fully saturated rings. The van der Waals surface area contributed by atoms with Gasteiger partial charge in [-0.05, 0) is 104 Å². The van der Waals surface area contributed by atoms with Crippen LogP contribution >= 0.6 is 34.4 Å². The molecule has 34 heavy (non-hydrogen) atoms. The van der Waals surface area contributed by atoms with Crippen molar-refractivity contribution in [3.63, 3.8) is 0 Å². The van der Waals surface area contributed by atoms with Crippen LogP contribution in [0.1, 0.15) is 38.8 Å². The second-order valence-corrected chi connectivity index (χ2v) is 10.3. The third kappa shape index (κ3) is 6.09. The Kier molecular flexibility index (Phi) is 8.58. The highest BCUT2D eigenvalue weighted by Gasteiger charge is 2.35. The van der Waals surface area contributed by atoms with E-state index in [4.69, 9.17) is 9.47 Å². The molecule has 2 aromatic carbocycles. The standard InChI is InChI=1S/C24H26IN3O5S/c1-14(2)26-24-27(15(3)4)23(29)21(34-24)12-17-10-19(25)22(20(11-17)32-5)33-13-16-6-8-18(9-7-16)28(30)31/h6-12,14-15H,13H2,1-5H3/b21-12+,26-24?. The van der Waals surface area contributed by atoms with Crippen LogP contribution in [0.25, 0.3) is 6.08 Å². The summed E-state index contributed by atoms with van der Waals surface area (Å²) in [6, 6.07) is 10.1. The molecule has 0 spiro atoms. The molecule has 0 aliphatic carbocycles. The van der Waals surface area contributed by atoms with Gasteiger partial charge in [0.05, 0.1) is 20.5 Å². The fourth-order valence-corrected chi connectivity index (χ4v) is 5.25. The number of hydrogen-bond donors (Lipinski definition) is 0. The number of amides is 1. The number of amidine groups is 1. The molecule has 0 atom stereocenters. The molecular weight excluding hydrogens is 569 g/mol. The summed E-state index contributed by atoms with van der Waals surface area (Å²) in [6.07, 6.45) is 1.84. The summed E-state index contributed by atoms with van der Waals surface area (Å²) >= 11 is 3.55. The van der Waals surface area contributed by atoms with Crippen LogP contribution in [0, 0.1) is 13.7 Å². The summed E-state index contributed by atoms with van der Waals surface area (Å²) < 4.78 is 12.4. The van der Waals surface area contributed by atoms with Crippen molar-refractivity contribution < 1.29 is 19.2 Å². The van der Waals surface area contributed by atoms with Gasteiger partial charge in [-0.15, -0.1) is 0 Å². The molecular formula is C24H26IN3O5S. The van der Waals surface area contributed by atoms with E-state index in [1.54, 1.807) is 24.1 Å². The molecule has 0 aromatic heterocycles. The zero-order chi connectivity index (χ0) is 25.0. The van der Waals surface area contributed by atoms with Crippen LogP contribution in [0.4, 0.5) is 5.69 Å². The number of hydrogen-bond acceptors (Lipinski definition) is 7. The predicted octanol–water partition coefficient (Wildman–Crippen LogP) is 5.88. The van der Waals surface area contributed by atoms with Crippen LogP contribution < -0.4 is 9.47 Å². The van der Waals surface area contributed by atoms with Crippen molar-refractivity contribution in [2.45, 2.75) is 46.4 Å². The van der Waals surface area contributed by atoms with Crippen molar-refractivity contribution in [2.75, 3.05) is 7.11 Å². The molecule has 0 unspecified atom stereocenters. The van der Waals surface area contributed by atoms with E-state index in [1.807, 2.05) is 45.9 Å². The molecule has 1 aliphatic rings. The van der Waals surface area contributed by atoms with Gasteiger partial charge in [-0.1, -0.05) is 0 Å². The molecule has 0 saturated carbocycles. The SMILES string of the molecule is COc1cc(/C=C2/SC(=NC(C)C)N(C(C)C)C2=O)cc(I)c1OCc1ccc([N+](=O)[O-])cc1. The lowest BCUT2D eigenvalue weighted by Gasteiger charge is -2.20. The molecule has 10 heteroatoms. The van der Waals surface area contributed by atoms with Gasteiger partial charge in [0.2, 0.25) is 0 Å². The van der Waals surface area contributed by atoms with E-state index in [0.717, 1.165) is 14.7 Å². The first kappa shape index (κ1) is 26.0. The number of carbonyl (C=O) groups is 1. The first-order chi connectivity index (χ1) is 16.1. The Morgan fingerprint density at radius 3 is 2.44 bits per heavy atom. The number of non-ortho nitro benzene ring substituents is 1. The van der Waals surface area contributed by atoms with Gasteiger partial charge in [-0.25, -0.2) is 0 Å². The summed E-state index contributed by atoms with van der Waals surface area (Å²) in [5.41, 5.74) is 1.65. The Labute approximate surface area is 216 Å². The van der Waals surface area contributed by atoms with Gasteiger partial charge in [0.1, 0.15) is 6.61 Å². The Hall–Kier alpha value is -2.60. The molecule has 1 amide bonds. The van der Waals surface area contributed by atoms with Gasteiger partial charge in [0, 0.05) is 24.2 Å². The Balaban J connectivity index is 1.84. The number of nitro benzene ring substituents is 1. The van der Waals surface area contributed by atoms with Gasteiger partial charge in [0.25, 0.3) is 11.6 Å². The fourth-order valence-electron chi connectivity index (χ4n) is 3.24. The number of nitrogens with zero attached hydrogens (tertiary/aromatic N) is 3. The van der Waals surface area contributed by atoms with Gasteiger partial charge in [-0.3, -0.25) is 24.8 Å². The third-order valence-corrected chi connectivity index (χ3v) is 6.60. The van der Waals surface area contributed by atoms with Gasteiger partial charge in [-0.2, -0.15) is 0 Å². The predicted molar refractivity (Wildman–Crippen MR) is 143 cm³/mol. The van der Waals surface area contributed by atoms with E-state index in [-0.39, 0.29) is 30.3 Å². The minimum absolute atomic E-state index is 0.00766. The molecule has 0 N–H and O–H groups in total. The normalized spacial score (nSPS) is 16.2. The average molecular weight is 595 g/mol. The zero-order valence-corrected chi connectivity index (χ0v) is 22.5. The highest BCUT2D eigenvalue weighted by atomic mass is 127. The fraction of sp³-hybridized carbons (Fsp3) is 0.333. The Morgan fingerprint density at radius 1 is 1.21 bits per heavy atom. The quantitative estimate of drug-likeness (QED) is 0.164. The largest absolute Gasteiger partial charge is 0.493 e. The van der Waals surface area contributed by atoms with Crippen molar-refractivity contribution in [1.29, 1.82) is 0 Å². The van der Waals surface area contributed by atoms with Crippen molar-refractivity contribution in [1.82, 2.24) is 4.90 Å². The monoisotopic (exact) mass is 595 g/mol. The number of methoxy groups -OCH3 is 1. The lowest BCUT2D eigenvalue weighted by molar-refractivity contribution is -0.384. The van der Waals surface area contributed by atoms with Crippen LogP contribution in [0.15, 0.2) is 46.3 Å². The lowest BCUT2D eigenvalue weighted by atomic mass is 10.1. The topological polar surface area (TPSA) is 94.3 Å². The number of rotatable bonds is 8. The van der Waals surface area contributed by atoms with Crippen molar-refractivity contribution in [3.05, 3.63) is 66.1 Å². The van der Waals surface area contributed by atoms with Crippen LogP contribution in [0.2, 0.25) is 0 Å². The number of halogens is 1. The average Bonchev–Trinajstić information content (AvgIpc) is 3.06. The van der Waals surface area contributed by atoms with E-state index in [1.165, 1.54) is 23.9 Å². The summed E-state index contributed by atoms with van der Waals surface area (Å²) in [7, 11) is 1.56. The maximum absolute atomic E-state index is 13.0. The maximum atomic E-state index is 13.0. The second kappa shape index (κ2) is 11.2. The van der Waals surface area contributed by atoms with Crippen LogP contribution in [-0.4, -0.2) is 40.1 Å².